The summed E-state index contributed by atoms with van der Waals surface area (Å²) in [7, 11) is 1.02. The van der Waals surface area contributed by atoms with Gasteiger partial charge >= 0.3 is 5.97 Å². The second-order valence-corrected chi connectivity index (χ2v) is 4.09. The average molecular weight is 318 g/mol. The molecule has 0 aliphatic rings. The maximum Gasteiger partial charge on any atom is 0.341 e. The Balaban J connectivity index is 2.76. The number of carbonyl (C=O) groups is 1. The molecule has 116 valence electrons. The molecule has 4 nitrogen and oxygen atoms in total. The zero-order valence-corrected chi connectivity index (χ0v) is 10.9. The van der Waals surface area contributed by atoms with Gasteiger partial charge in [-0.15, -0.1) is 0 Å². The van der Waals surface area contributed by atoms with E-state index in [1.165, 1.54) is 0 Å². The van der Waals surface area contributed by atoms with Gasteiger partial charge < -0.3 is 10.5 Å². The van der Waals surface area contributed by atoms with Crippen molar-refractivity contribution in [2.24, 2.45) is 0 Å². The van der Waals surface area contributed by atoms with E-state index in [1.807, 2.05) is 0 Å². The van der Waals surface area contributed by atoms with Gasteiger partial charge in [0.2, 0.25) is 5.82 Å². The summed E-state index contributed by atoms with van der Waals surface area (Å²) >= 11 is 0. The normalized spacial score (nSPS) is 10.6. The standard InChI is InChI=1S/C13H7F5N2O2/c1-22-13(21)5-2-4(3-20-12(5)19)6-7(14)9(16)11(18)10(17)8(6)15/h2-3H,1H3,(H2,19,20). The molecule has 0 radical (unpaired) electrons. The Morgan fingerprint density at radius 2 is 1.55 bits per heavy atom. The number of esters is 1. The Bertz CT molecular complexity index is 751. The van der Waals surface area contributed by atoms with E-state index in [0.29, 0.717) is 0 Å². The summed E-state index contributed by atoms with van der Waals surface area (Å²) in [6.45, 7) is 0. The van der Waals surface area contributed by atoms with Gasteiger partial charge in [-0.25, -0.2) is 31.7 Å². The summed E-state index contributed by atoms with van der Waals surface area (Å²) in [6.07, 6.45) is 0.778. The number of benzene rings is 1. The van der Waals surface area contributed by atoms with E-state index < -0.39 is 46.2 Å². The molecule has 9 heteroatoms. The van der Waals surface area contributed by atoms with E-state index in [4.69, 9.17) is 5.73 Å². The number of rotatable bonds is 2. The molecule has 0 bridgehead atoms. The number of methoxy groups -OCH3 is 1. The van der Waals surface area contributed by atoms with E-state index in [-0.39, 0.29) is 11.4 Å². The summed E-state index contributed by atoms with van der Waals surface area (Å²) in [5.41, 5.74) is 3.30. The predicted molar refractivity (Wildman–Crippen MR) is 65.2 cm³/mol. The number of nitrogens with two attached hydrogens (primary N) is 1. The summed E-state index contributed by atoms with van der Waals surface area (Å²) in [4.78, 5) is 14.9. The van der Waals surface area contributed by atoms with Gasteiger partial charge in [0.05, 0.1) is 12.7 Å². The fourth-order valence-corrected chi connectivity index (χ4v) is 1.74. The zero-order chi connectivity index (χ0) is 16.6. The molecular weight excluding hydrogens is 311 g/mol. The van der Waals surface area contributed by atoms with Crippen molar-refractivity contribution in [1.82, 2.24) is 4.98 Å². The molecule has 1 aromatic carbocycles. The first-order valence-corrected chi connectivity index (χ1v) is 5.65. The van der Waals surface area contributed by atoms with Gasteiger partial charge in [-0.05, 0) is 6.07 Å². The Morgan fingerprint density at radius 1 is 1.05 bits per heavy atom. The van der Waals surface area contributed by atoms with Crippen LogP contribution in [0.25, 0.3) is 11.1 Å². The van der Waals surface area contributed by atoms with Crippen molar-refractivity contribution < 1.29 is 31.5 Å². The minimum absolute atomic E-state index is 0.320. The molecule has 0 unspecified atom stereocenters. The molecule has 0 saturated carbocycles. The van der Waals surface area contributed by atoms with Gasteiger partial charge in [0, 0.05) is 11.8 Å². The minimum Gasteiger partial charge on any atom is -0.465 e. The van der Waals surface area contributed by atoms with Crippen molar-refractivity contribution in [2.45, 2.75) is 0 Å². The Kier molecular flexibility index (Phi) is 3.98. The van der Waals surface area contributed by atoms with Crippen LogP contribution in [0.3, 0.4) is 0 Å². The van der Waals surface area contributed by atoms with Gasteiger partial charge in [0.15, 0.2) is 23.3 Å². The molecule has 0 saturated heterocycles. The van der Waals surface area contributed by atoms with Crippen molar-refractivity contribution in [2.75, 3.05) is 12.8 Å². The highest BCUT2D eigenvalue weighted by Gasteiger charge is 2.27. The monoisotopic (exact) mass is 318 g/mol. The lowest BCUT2D eigenvalue weighted by atomic mass is 10.0. The molecule has 0 atom stereocenters. The average Bonchev–Trinajstić information content (AvgIpc) is 2.52. The van der Waals surface area contributed by atoms with Crippen molar-refractivity contribution in [1.29, 1.82) is 0 Å². The van der Waals surface area contributed by atoms with E-state index in [1.54, 1.807) is 0 Å². The maximum absolute atomic E-state index is 13.7. The predicted octanol–water partition coefficient (Wildman–Crippen LogP) is 2.81. The van der Waals surface area contributed by atoms with E-state index in [0.717, 1.165) is 19.4 Å². The highest BCUT2D eigenvalue weighted by Crippen LogP contribution is 2.32. The van der Waals surface area contributed by atoms with Crippen LogP contribution in [0, 0.1) is 29.1 Å². The number of carbonyl (C=O) groups excluding carboxylic acids is 1. The van der Waals surface area contributed by atoms with Crippen LogP contribution in [0.15, 0.2) is 12.3 Å². The molecule has 1 heterocycles. The maximum atomic E-state index is 13.7. The first kappa shape index (κ1) is 15.7. The number of halogens is 5. The quantitative estimate of drug-likeness (QED) is 0.400. The molecule has 0 amide bonds. The van der Waals surface area contributed by atoms with Crippen LogP contribution in [0.5, 0.6) is 0 Å². The number of ether oxygens (including phenoxy) is 1. The van der Waals surface area contributed by atoms with Gasteiger partial charge in [-0.1, -0.05) is 0 Å². The van der Waals surface area contributed by atoms with Crippen LogP contribution in [0.1, 0.15) is 10.4 Å². The molecule has 2 rings (SSSR count). The number of hydrogen-bond donors (Lipinski definition) is 1. The summed E-state index contributed by atoms with van der Waals surface area (Å²) in [5, 5.41) is 0. The molecule has 22 heavy (non-hydrogen) atoms. The number of pyridine rings is 1. The summed E-state index contributed by atoms with van der Waals surface area (Å²) in [6, 6.07) is 0.826. The Hall–Kier alpha value is -2.71. The third-order valence-electron chi connectivity index (χ3n) is 2.82. The van der Waals surface area contributed by atoms with Crippen LogP contribution < -0.4 is 5.73 Å². The number of anilines is 1. The highest BCUT2D eigenvalue weighted by molar-refractivity contribution is 5.95. The van der Waals surface area contributed by atoms with Crippen LogP contribution >= 0.6 is 0 Å². The van der Waals surface area contributed by atoms with Crippen LogP contribution in [-0.2, 0) is 4.74 Å². The molecular formula is C13H7F5N2O2. The number of hydrogen-bond acceptors (Lipinski definition) is 4. The molecule has 0 aliphatic carbocycles. The highest BCUT2D eigenvalue weighted by atomic mass is 19.2. The molecule has 1 aromatic heterocycles. The summed E-state index contributed by atoms with van der Waals surface area (Å²) < 4.78 is 71.2. The number of nitrogen functional groups attached to an aromatic ring is 1. The van der Waals surface area contributed by atoms with Crippen LogP contribution in [0.4, 0.5) is 27.8 Å². The third kappa shape index (κ3) is 2.34. The lowest BCUT2D eigenvalue weighted by Gasteiger charge is -2.10. The summed E-state index contributed by atoms with van der Waals surface area (Å²) in [5.74, 6) is -11.9. The molecule has 2 N–H and O–H groups in total. The van der Waals surface area contributed by atoms with Crippen LogP contribution in [-0.4, -0.2) is 18.1 Å². The van der Waals surface area contributed by atoms with Crippen molar-refractivity contribution in [3.63, 3.8) is 0 Å². The van der Waals surface area contributed by atoms with Gasteiger partial charge in [-0.2, -0.15) is 0 Å². The van der Waals surface area contributed by atoms with Gasteiger partial charge in [0.25, 0.3) is 0 Å². The van der Waals surface area contributed by atoms with Crippen LogP contribution in [0.2, 0.25) is 0 Å². The zero-order valence-electron chi connectivity index (χ0n) is 10.9. The SMILES string of the molecule is COC(=O)c1cc(-c2c(F)c(F)c(F)c(F)c2F)cnc1N. The smallest absolute Gasteiger partial charge is 0.341 e. The number of nitrogens with zero attached hydrogens (tertiary/aromatic N) is 1. The second kappa shape index (κ2) is 5.58. The molecule has 2 aromatic rings. The first-order valence-electron chi connectivity index (χ1n) is 5.65. The molecule has 0 aliphatic heterocycles. The van der Waals surface area contributed by atoms with E-state index in [9.17, 15) is 26.7 Å². The van der Waals surface area contributed by atoms with E-state index in [2.05, 4.69) is 9.72 Å². The fraction of sp³-hybridized carbons (Fsp3) is 0.0769. The van der Waals surface area contributed by atoms with Gasteiger partial charge in [-0.3, -0.25) is 0 Å². The fourth-order valence-electron chi connectivity index (χ4n) is 1.74. The topological polar surface area (TPSA) is 65.2 Å². The van der Waals surface area contributed by atoms with E-state index >= 15 is 0 Å². The lowest BCUT2D eigenvalue weighted by Crippen LogP contribution is -2.09. The Morgan fingerprint density at radius 3 is 2.05 bits per heavy atom. The first-order chi connectivity index (χ1) is 10.3. The second-order valence-electron chi connectivity index (χ2n) is 4.09. The molecule has 0 spiro atoms. The number of aromatic nitrogens is 1. The molecule has 0 fully saturated rings. The van der Waals surface area contributed by atoms with Gasteiger partial charge in [0.1, 0.15) is 11.4 Å². The largest absolute Gasteiger partial charge is 0.465 e. The van der Waals surface area contributed by atoms with Crippen molar-refractivity contribution in [3.05, 3.63) is 46.9 Å². The van der Waals surface area contributed by atoms with Crippen molar-refractivity contribution in [3.8, 4) is 11.1 Å². The minimum atomic E-state index is -2.28. The Labute approximate surface area is 120 Å². The third-order valence-corrected chi connectivity index (χ3v) is 2.82. The lowest BCUT2D eigenvalue weighted by molar-refractivity contribution is 0.0601. The van der Waals surface area contributed by atoms with Crippen molar-refractivity contribution >= 4 is 11.8 Å².